The molecule has 0 atom stereocenters. The van der Waals surface area contributed by atoms with E-state index >= 15 is 0 Å². The second kappa shape index (κ2) is 3.06. The topological polar surface area (TPSA) is 43.1 Å². The molecule has 1 aliphatic carbocycles. The minimum Gasteiger partial charge on any atom is -0.319 e. The van der Waals surface area contributed by atoms with E-state index in [0.29, 0.717) is 6.42 Å². The number of hydrogen-bond donors (Lipinski definition) is 1. The molecule has 60 valence electrons. The predicted molar refractivity (Wildman–Crippen MR) is 43.8 cm³/mol. The standard InChI is InChI=1S/C9H13NO/c1-2-3-5-8(11)9(10)6-4-7-9/h4-7,10H2,1H3. The maximum atomic E-state index is 11.3. The molecule has 1 saturated carbocycles. The van der Waals surface area contributed by atoms with Crippen LogP contribution in [-0.4, -0.2) is 11.3 Å². The molecule has 0 amide bonds. The molecule has 0 aromatic carbocycles. The van der Waals surface area contributed by atoms with Gasteiger partial charge in [-0.3, -0.25) is 4.79 Å². The first kappa shape index (κ1) is 8.29. The molecule has 0 saturated heterocycles. The van der Waals surface area contributed by atoms with Gasteiger partial charge in [0.15, 0.2) is 5.78 Å². The van der Waals surface area contributed by atoms with E-state index in [1.165, 1.54) is 0 Å². The number of rotatable bonds is 2. The van der Waals surface area contributed by atoms with Crippen LogP contribution in [0, 0.1) is 11.8 Å². The molecule has 0 aromatic heterocycles. The van der Waals surface area contributed by atoms with Gasteiger partial charge >= 0.3 is 0 Å². The van der Waals surface area contributed by atoms with Gasteiger partial charge < -0.3 is 5.73 Å². The lowest BCUT2D eigenvalue weighted by atomic mass is 9.74. The van der Waals surface area contributed by atoms with Gasteiger partial charge in [-0.25, -0.2) is 0 Å². The highest BCUT2D eigenvalue weighted by molar-refractivity contribution is 5.90. The summed E-state index contributed by atoms with van der Waals surface area (Å²) >= 11 is 0. The van der Waals surface area contributed by atoms with Crippen molar-refractivity contribution in [2.24, 2.45) is 5.73 Å². The monoisotopic (exact) mass is 151 g/mol. The first-order chi connectivity index (χ1) is 5.19. The van der Waals surface area contributed by atoms with Gasteiger partial charge in [0.2, 0.25) is 0 Å². The third-order valence-electron chi connectivity index (χ3n) is 2.23. The van der Waals surface area contributed by atoms with E-state index in [1.54, 1.807) is 6.92 Å². The average molecular weight is 151 g/mol. The van der Waals surface area contributed by atoms with Crippen LogP contribution in [0.4, 0.5) is 0 Å². The summed E-state index contributed by atoms with van der Waals surface area (Å²) in [5, 5.41) is 0. The first-order valence-corrected chi connectivity index (χ1v) is 3.91. The number of Topliss-reactive ketones (excluding diaryl/α,β-unsaturated/α-hetero) is 1. The Morgan fingerprint density at radius 1 is 1.64 bits per heavy atom. The lowest BCUT2D eigenvalue weighted by Crippen LogP contribution is -2.53. The van der Waals surface area contributed by atoms with Crippen LogP contribution < -0.4 is 5.73 Å². The normalized spacial score (nSPS) is 19.5. The molecule has 11 heavy (non-hydrogen) atoms. The van der Waals surface area contributed by atoms with Crippen molar-refractivity contribution in [3.63, 3.8) is 0 Å². The Bertz CT molecular complexity index is 217. The van der Waals surface area contributed by atoms with Crippen LogP contribution in [0.25, 0.3) is 0 Å². The zero-order valence-electron chi connectivity index (χ0n) is 6.81. The number of nitrogens with two attached hydrogens (primary N) is 1. The molecule has 1 rings (SSSR count). The van der Waals surface area contributed by atoms with E-state index in [-0.39, 0.29) is 5.78 Å². The minimum absolute atomic E-state index is 0.109. The van der Waals surface area contributed by atoms with Crippen LogP contribution in [0.2, 0.25) is 0 Å². The fourth-order valence-corrected chi connectivity index (χ4v) is 1.18. The Kier molecular flexibility index (Phi) is 2.31. The lowest BCUT2D eigenvalue weighted by molar-refractivity contribution is -0.125. The molecular weight excluding hydrogens is 138 g/mol. The van der Waals surface area contributed by atoms with E-state index in [2.05, 4.69) is 11.8 Å². The molecule has 2 nitrogen and oxygen atoms in total. The van der Waals surface area contributed by atoms with E-state index in [0.717, 1.165) is 19.3 Å². The van der Waals surface area contributed by atoms with E-state index in [1.807, 2.05) is 0 Å². The van der Waals surface area contributed by atoms with Gasteiger partial charge in [-0.1, -0.05) is 5.92 Å². The van der Waals surface area contributed by atoms with Crippen LogP contribution in [0.1, 0.15) is 32.6 Å². The minimum atomic E-state index is -0.510. The van der Waals surface area contributed by atoms with Crippen molar-refractivity contribution in [2.45, 2.75) is 38.1 Å². The SMILES string of the molecule is CC#CCC(=O)C1(N)CCC1. The number of carbonyl (C=O) groups excluding carboxylic acids is 1. The maximum absolute atomic E-state index is 11.3. The summed E-state index contributed by atoms with van der Waals surface area (Å²) in [5.74, 6) is 5.54. The van der Waals surface area contributed by atoms with Crippen molar-refractivity contribution in [1.82, 2.24) is 0 Å². The Labute approximate surface area is 67.2 Å². The summed E-state index contributed by atoms with van der Waals surface area (Å²) in [6, 6.07) is 0. The third-order valence-corrected chi connectivity index (χ3v) is 2.23. The summed E-state index contributed by atoms with van der Waals surface area (Å²) < 4.78 is 0. The van der Waals surface area contributed by atoms with Crippen molar-refractivity contribution in [2.75, 3.05) is 0 Å². The highest BCUT2D eigenvalue weighted by atomic mass is 16.1. The molecule has 2 N–H and O–H groups in total. The highest BCUT2D eigenvalue weighted by Gasteiger charge is 2.38. The van der Waals surface area contributed by atoms with Gasteiger partial charge in [0.25, 0.3) is 0 Å². The van der Waals surface area contributed by atoms with Crippen LogP contribution in [0.15, 0.2) is 0 Å². The number of ketones is 1. The molecular formula is C9H13NO. The number of hydrogen-bond acceptors (Lipinski definition) is 2. The zero-order valence-corrected chi connectivity index (χ0v) is 6.81. The van der Waals surface area contributed by atoms with Gasteiger partial charge in [0.05, 0.1) is 12.0 Å². The summed E-state index contributed by atoms with van der Waals surface area (Å²) in [5.41, 5.74) is 5.26. The lowest BCUT2D eigenvalue weighted by Gasteiger charge is -2.35. The van der Waals surface area contributed by atoms with E-state index in [9.17, 15) is 4.79 Å². The van der Waals surface area contributed by atoms with Crippen molar-refractivity contribution in [3.05, 3.63) is 0 Å². The Morgan fingerprint density at radius 2 is 2.27 bits per heavy atom. The quantitative estimate of drug-likeness (QED) is 0.594. The van der Waals surface area contributed by atoms with Gasteiger partial charge in [0.1, 0.15) is 0 Å². The molecule has 0 unspecified atom stereocenters. The molecule has 2 heteroatoms. The number of carbonyl (C=O) groups is 1. The van der Waals surface area contributed by atoms with Gasteiger partial charge in [-0.2, -0.15) is 0 Å². The predicted octanol–water partition coefficient (Wildman–Crippen LogP) is 0.850. The van der Waals surface area contributed by atoms with Gasteiger partial charge in [-0.05, 0) is 26.2 Å². The van der Waals surface area contributed by atoms with E-state index < -0.39 is 5.54 Å². The molecule has 0 radical (unpaired) electrons. The Morgan fingerprint density at radius 3 is 2.64 bits per heavy atom. The summed E-state index contributed by atoms with van der Waals surface area (Å²) in [7, 11) is 0. The summed E-state index contributed by atoms with van der Waals surface area (Å²) in [6.45, 7) is 1.73. The Balaban J connectivity index is 2.44. The molecule has 0 aromatic rings. The molecule has 0 spiro atoms. The second-order valence-electron chi connectivity index (χ2n) is 3.04. The Hall–Kier alpha value is -0.810. The van der Waals surface area contributed by atoms with Crippen LogP contribution in [-0.2, 0) is 4.79 Å². The van der Waals surface area contributed by atoms with Gasteiger partial charge in [0, 0.05) is 0 Å². The third kappa shape index (κ3) is 1.61. The van der Waals surface area contributed by atoms with Crippen LogP contribution in [0.3, 0.4) is 0 Å². The highest BCUT2D eigenvalue weighted by Crippen LogP contribution is 2.30. The van der Waals surface area contributed by atoms with Crippen molar-refractivity contribution < 1.29 is 4.79 Å². The zero-order chi connectivity index (χ0) is 8.32. The fraction of sp³-hybridized carbons (Fsp3) is 0.667. The molecule has 1 aliphatic rings. The summed E-state index contributed by atoms with van der Waals surface area (Å²) in [4.78, 5) is 11.3. The molecule has 1 fully saturated rings. The summed E-state index contributed by atoms with van der Waals surface area (Å²) in [6.07, 6.45) is 3.10. The van der Waals surface area contributed by atoms with E-state index in [4.69, 9.17) is 5.73 Å². The van der Waals surface area contributed by atoms with Crippen molar-refractivity contribution in [3.8, 4) is 11.8 Å². The fourth-order valence-electron chi connectivity index (χ4n) is 1.18. The van der Waals surface area contributed by atoms with Gasteiger partial charge in [-0.15, -0.1) is 5.92 Å². The first-order valence-electron chi connectivity index (χ1n) is 3.91. The van der Waals surface area contributed by atoms with Crippen molar-refractivity contribution >= 4 is 5.78 Å². The second-order valence-corrected chi connectivity index (χ2v) is 3.04. The van der Waals surface area contributed by atoms with Crippen molar-refractivity contribution in [1.29, 1.82) is 0 Å². The average Bonchev–Trinajstić information content (AvgIpc) is 1.95. The van der Waals surface area contributed by atoms with Crippen LogP contribution in [0.5, 0.6) is 0 Å². The molecule has 0 bridgehead atoms. The molecule has 0 heterocycles. The smallest absolute Gasteiger partial charge is 0.164 e. The van der Waals surface area contributed by atoms with Crippen LogP contribution >= 0.6 is 0 Å². The maximum Gasteiger partial charge on any atom is 0.164 e. The largest absolute Gasteiger partial charge is 0.319 e. The molecule has 0 aliphatic heterocycles.